The summed E-state index contributed by atoms with van der Waals surface area (Å²) in [5, 5.41) is 7.19. The van der Waals surface area contributed by atoms with Crippen molar-refractivity contribution in [2.24, 2.45) is 5.41 Å². The van der Waals surface area contributed by atoms with Crippen molar-refractivity contribution in [3.05, 3.63) is 33.8 Å². The van der Waals surface area contributed by atoms with Crippen LogP contribution in [0.25, 0.3) is 0 Å². The lowest BCUT2D eigenvalue weighted by Gasteiger charge is -2.37. The summed E-state index contributed by atoms with van der Waals surface area (Å²) < 4.78 is 5.34. The molecular formula is C15H20Cl2N2O2. The zero-order valence-electron chi connectivity index (χ0n) is 12.0. The fourth-order valence-electron chi connectivity index (χ4n) is 2.67. The Hall–Kier alpha value is -0.810. The van der Waals surface area contributed by atoms with Crippen molar-refractivity contribution in [3.8, 4) is 0 Å². The van der Waals surface area contributed by atoms with Crippen LogP contribution in [0.2, 0.25) is 10.0 Å². The van der Waals surface area contributed by atoms with Crippen LogP contribution in [0, 0.1) is 5.41 Å². The van der Waals surface area contributed by atoms with Gasteiger partial charge in [-0.25, -0.2) is 0 Å². The fraction of sp³-hybridized carbons (Fsp3) is 0.533. The number of hydrogen-bond acceptors (Lipinski definition) is 3. The lowest BCUT2D eigenvalue weighted by molar-refractivity contribution is 0.0512. The van der Waals surface area contributed by atoms with Gasteiger partial charge >= 0.3 is 0 Å². The Morgan fingerprint density at radius 3 is 2.71 bits per heavy atom. The molecule has 0 bridgehead atoms. The summed E-state index contributed by atoms with van der Waals surface area (Å²) in [6.07, 6.45) is 1.96. The molecule has 0 aliphatic carbocycles. The molecule has 0 saturated carbocycles. The van der Waals surface area contributed by atoms with Crippen molar-refractivity contribution < 1.29 is 9.53 Å². The highest BCUT2D eigenvalue weighted by molar-refractivity contribution is 6.36. The number of carbonyl (C=O) groups is 1. The van der Waals surface area contributed by atoms with Crippen LogP contribution < -0.4 is 10.6 Å². The Bertz CT molecular complexity index is 497. The summed E-state index contributed by atoms with van der Waals surface area (Å²) in [4.78, 5) is 12.3. The van der Waals surface area contributed by atoms with Gasteiger partial charge in [0.1, 0.15) is 0 Å². The van der Waals surface area contributed by atoms with Crippen LogP contribution in [0.5, 0.6) is 0 Å². The predicted molar refractivity (Wildman–Crippen MR) is 85.2 cm³/mol. The van der Waals surface area contributed by atoms with Crippen molar-refractivity contribution in [3.63, 3.8) is 0 Å². The standard InChI is InChI=1S/C15H20Cl2N2O2/c1-21-10-15(4-6-18-7-5-15)9-19-14(20)12-3-2-11(16)8-13(12)17/h2-3,8,18H,4-7,9-10H2,1H3,(H,19,20). The van der Waals surface area contributed by atoms with E-state index in [1.807, 2.05) is 0 Å². The van der Waals surface area contributed by atoms with E-state index >= 15 is 0 Å². The van der Waals surface area contributed by atoms with Gasteiger partial charge in [0, 0.05) is 24.1 Å². The molecule has 2 N–H and O–H groups in total. The third-order valence-electron chi connectivity index (χ3n) is 3.91. The molecule has 116 valence electrons. The number of ether oxygens (including phenoxy) is 1. The Morgan fingerprint density at radius 1 is 1.38 bits per heavy atom. The minimum atomic E-state index is -0.175. The number of carbonyl (C=O) groups excluding carboxylic acids is 1. The van der Waals surface area contributed by atoms with E-state index in [4.69, 9.17) is 27.9 Å². The molecule has 1 heterocycles. The third-order valence-corrected chi connectivity index (χ3v) is 4.46. The van der Waals surface area contributed by atoms with Gasteiger partial charge in [0.25, 0.3) is 5.91 Å². The van der Waals surface area contributed by atoms with Gasteiger partial charge in [0.15, 0.2) is 0 Å². The zero-order chi connectivity index (χ0) is 15.3. The number of piperidine rings is 1. The van der Waals surface area contributed by atoms with Gasteiger partial charge in [-0.15, -0.1) is 0 Å². The number of rotatable bonds is 5. The molecule has 1 saturated heterocycles. The van der Waals surface area contributed by atoms with Gasteiger partial charge in [-0.3, -0.25) is 4.79 Å². The molecule has 1 aliphatic heterocycles. The van der Waals surface area contributed by atoms with E-state index in [0.29, 0.717) is 28.8 Å². The molecule has 6 heteroatoms. The largest absolute Gasteiger partial charge is 0.384 e. The van der Waals surface area contributed by atoms with Crippen LogP contribution in [-0.4, -0.2) is 39.3 Å². The molecule has 1 aromatic rings. The third kappa shape index (κ3) is 4.33. The first kappa shape index (κ1) is 16.6. The van der Waals surface area contributed by atoms with Crippen molar-refractivity contribution in [2.75, 3.05) is 33.4 Å². The minimum Gasteiger partial charge on any atom is -0.384 e. The molecular weight excluding hydrogens is 311 g/mol. The molecule has 0 spiro atoms. The van der Waals surface area contributed by atoms with Gasteiger partial charge in [-0.05, 0) is 44.1 Å². The summed E-state index contributed by atoms with van der Waals surface area (Å²) >= 11 is 11.9. The molecule has 0 unspecified atom stereocenters. The second-order valence-electron chi connectivity index (χ2n) is 5.49. The molecule has 1 fully saturated rings. The van der Waals surface area contributed by atoms with E-state index in [2.05, 4.69) is 10.6 Å². The monoisotopic (exact) mass is 330 g/mol. The molecule has 2 rings (SSSR count). The highest BCUT2D eigenvalue weighted by atomic mass is 35.5. The molecule has 0 aromatic heterocycles. The average Bonchev–Trinajstić information content (AvgIpc) is 2.46. The van der Waals surface area contributed by atoms with E-state index in [1.165, 1.54) is 0 Å². The second-order valence-corrected chi connectivity index (χ2v) is 6.33. The lowest BCUT2D eigenvalue weighted by atomic mass is 9.79. The molecule has 1 aromatic carbocycles. The molecule has 0 atom stereocenters. The summed E-state index contributed by atoms with van der Waals surface area (Å²) in [6.45, 7) is 3.12. The lowest BCUT2D eigenvalue weighted by Crippen LogP contribution is -2.47. The smallest absolute Gasteiger partial charge is 0.252 e. The molecule has 1 aliphatic rings. The number of benzene rings is 1. The van der Waals surface area contributed by atoms with Crippen molar-refractivity contribution in [1.29, 1.82) is 0 Å². The normalized spacial score (nSPS) is 17.5. The summed E-state index contributed by atoms with van der Waals surface area (Å²) in [6, 6.07) is 4.89. The topological polar surface area (TPSA) is 50.4 Å². The Balaban J connectivity index is 2.01. The van der Waals surface area contributed by atoms with Gasteiger partial charge in [-0.2, -0.15) is 0 Å². The number of halogens is 2. The quantitative estimate of drug-likeness (QED) is 0.872. The van der Waals surface area contributed by atoms with E-state index < -0.39 is 0 Å². The minimum absolute atomic E-state index is 0.00540. The molecule has 1 amide bonds. The first-order valence-corrected chi connectivity index (χ1v) is 7.75. The van der Waals surface area contributed by atoms with Gasteiger partial charge in [0.05, 0.1) is 17.2 Å². The summed E-state index contributed by atoms with van der Waals surface area (Å²) in [5.41, 5.74) is 0.441. The second kappa shape index (κ2) is 7.45. The SMILES string of the molecule is COCC1(CNC(=O)c2ccc(Cl)cc2Cl)CCNCC1. The zero-order valence-corrected chi connectivity index (χ0v) is 13.6. The van der Waals surface area contributed by atoms with Crippen molar-refractivity contribution >= 4 is 29.1 Å². The van der Waals surface area contributed by atoms with Crippen LogP contribution in [0.3, 0.4) is 0 Å². The van der Waals surface area contributed by atoms with Crippen LogP contribution in [0.15, 0.2) is 18.2 Å². The van der Waals surface area contributed by atoms with E-state index in [-0.39, 0.29) is 11.3 Å². The van der Waals surface area contributed by atoms with E-state index in [9.17, 15) is 4.79 Å². The Labute approximate surface area is 135 Å². The Kier molecular flexibility index (Phi) is 5.88. The number of amides is 1. The molecule has 21 heavy (non-hydrogen) atoms. The molecule has 0 radical (unpaired) electrons. The number of hydrogen-bond donors (Lipinski definition) is 2. The highest BCUT2D eigenvalue weighted by Crippen LogP contribution is 2.28. The van der Waals surface area contributed by atoms with Crippen LogP contribution >= 0.6 is 23.2 Å². The van der Waals surface area contributed by atoms with Gasteiger partial charge < -0.3 is 15.4 Å². The fourth-order valence-corrected chi connectivity index (χ4v) is 3.17. The number of methoxy groups -OCH3 is 1. The molecule has 4 nitrogen and oxygen atoms in total. The van der Waals surface area contributed by atoms with Crippen molar-refractivity contribution in [2.45, 2.75) is 12.8 Å². The highest BCUT2D eigenvalue weighted by Gasteiger charge is 2.32. The van der Waals surface area contributed by atoms with E-state index in [1.54, 1.807) is 25.3 Å². The average molecular weight is 331 g/mol. The van der Waals surface area contributed by atoms with Crippen LogP contribution in [0.1, 0.15) is 23.2 Å². The first-order valence-electron chi connectivity index (χ1n) is 6.99. The first-order chi connectivity index (χ1) is 10.1. The maximum Gasteiger partial charge on any atom is 0.252 e. The number of nitrogens with one attached hydrogen (secondary N) is 2. The van der Waals surface area contributed by atoms with Gasteiger partial charge in [0.2, 0.25) is 0 Å². The van der Waals surface area contributed by atoms with Crippen LogP contribution in [-0.2, 0) is 4.74 Å². The van der Waals surface area contributed by atoms with Crippen molar-refractivity contribution in [1.82, 2.24) is 10.6 Å². The van der Waals surface area contributed by atoms with E-state index in [0.717, 1.165) is 25.9 Å². The maximum absolute atomic E-state index is 12.3. The van der Waals surface area contributed by atoms with Gasteiger partial charge in [-0.1, -0.05) is 23.2 Å². The summed E-state index contributed by atoms with van der Waals surface area (Å²) in [5.74, 6) is -0.175. The maximum atomic E-state index is 12.3. The van der Waals surface area contributed by atoms with Crippen LogP contribution in [0.4, 0.5) is 0 Å². The predicted octanol–water partition coefficient (Wildman–Crippen LogP) is 2.74. The Morgan fingerprint density at radius 2 is 2.10 bits per heavy atom. The summed E-state index contributed by atoms with van der Waals surface area (Å²) in [7, 11) is 1.70.